The average molecular weight is 329 g/mol. The molecule has 1 N–H and O–H groups in total. The fourth-order valence-corrected chi connectivity index (χ4v) is 3.09. The second-order valence-electron chi connectivity index (χ2n) is 6.14. The maximum absolute atomic E-state index is 13.8. The summed E-state index contributed by atoms with van der Waals surface area (Å²) in [6.45, 7) is 5.05. The van der Waals surface area contributed by atoms with Crippen LogP contribution in [0.3, 0.4) is 0 Å². The van der Waals surface area contributed by atoms with Crippen molar-refractivity contribution in [3.8, 4) is 0 Å². The summed E-state index contributed by atoms with van der Waals surface area (Å²) in [5.74, 6) is 1.12. The fourth-order valence-electron chi connectivity index (χ4n) is 3.09. The van der Waals surface area contributed by atoms with Gasteiger partial charge in [-0.3, -0.25) is 4.68 Å². The minimum absolute atomic E-state index is 0.202. The summed E-state index contributed by atoms with van der Waals surface area (Å²) < 4.78 is 15.6. The van der Waals surface area contributed by atoms with E-state index in [-0.39, 0.29) is 5.82 Å². The third kappa shape index (κ3) is 3.75. The minimum atomic E-state index is -0.202. The number of benzene rings is 1. The Morgan fingerprint density at radius 2 is 2.25 bits per heavy atom. The number of likely N-dealkylation sites (tertiary alicyclic amines) is 1. The summed E-state index contributed by atoms with van der Waals surface area (Å²) in [6, 6.07) is 6.80. The molecule has 1 fully saturated rings. The van der Waals surface area contributed by atoms with Crippen molar-refractivity contribution in [2.24, 2.45) is 12.0 Å². The van der Waals surface area contributed by atoms with Gasteiger partial charge in [0.1, 0.15) is 5.82 Å². The number of hydrogen-bond acceptors (Lipinski definition) is 2. The van der Waals surface area contributed by atoms with Crippen molar-refractivity contribution >= 4 is 5.96 Å². The molecule has 5 nitrogen and oxygen atoms in total. The Morgan fingerprint density at radius 1 is 1.42 bits per heavy atom. The van der Waals surface area contributed by atoms with E-state index in [1.807, 2.05) is 30.9 Å². The largest absolute Gasteiger partial charge is 0.357 e. The van der Waals surface area contributed by atoms with Crippen molar-refractivity contribution in [1.82, 2.24) is 20.0 Å². The van der Waals surface area contributed by atoms with Crippen LogP contribution < -0.4 is 5.32 Å². The van der Waals surface area contributed by atoms with Crippen LogP contribution in [0, 0.1) is 5.82 Å². The first kappa shape index (κ1) is 16.5. The Hall–Kier alpha value is -2.37. The monoisotopic (exact) mass is 329 g/mol. The van der Waals surface area contributed by atoms with Gasteiger partial charge in [-0.05, 0) is 25.0 Å². The number of aromatic nitrogens is 2. The quantitative estimate of drug-likeness (QED) is 0.692. The number of aliphatic imine (C=N–C) groups is 1. The van der Waals surface area contributed by atoms with E-state index in [2.05, 4.69) is 26.5 Å². The molecule has 1 saturated heterocycles. The molecule has 128 valence electrons. The number of hydrogen-bond donors (Lipinski definition) is 1. The second kappa shape index (κ2) is 7.47. The standard InChI is InChI=1S/C18H24FN5/c1-3-20-18(21-10-14-6-4-5-7-17(14)19)24-9-8-15(13-24)16-11-22-23(2)12-16/h4-7,11-12,15H,3,8-10,13H2,1-2H3,(H,20,21). The van der Waals surface area contributed by atoms with Gasteiger partial charge in [0.2, 0.25) is 0 Å². The smallest absolute Gasteiger partial charge is 0.194 e. The molecule has 0 radical (unpaired) electrons. The molecule has 1 aliphatic rings. The van der Waals surface area contributed by atoms with Crippen molar-refractivity contribution < 1.29 is 4.39 Å². The molecule has 3 rings (SSSR count). The first-order valence-electron chi connectivity index (χ1n) is 8.42. The van der Waals surface area contributed by atoms with E-state index in [4.69, 9.17) is 0 Å². The summed E-state index contributed by atoms with van der Waals surface area (Å²) in [5.41, 5.74) is 1.89. The number of aryl methyl sites for hydroxylation is 1. The molecule has 6 heteroatoms. The molecule has 0 amide bonds. The molecule has 0 aliphatic carbocycles. The highest BCUT2D eigenvalue weighted by atomic mass is 19.1. The highest BCUT2D eigenvalue weighted by Crippen LogP contribution is 2.26. The van der Waals surface area contributed by atoms with E-state index in [0.717, 1.165) is 32.0 Å². The fraction of sp³-hybridized carbons (Fsp3) is 0.444. The Morgan fingerprint density at radius 3 is 2.96 bits per heavy atom. The van der Waals surface area contributed by atoms with Crippen LogP contribution in [-0.2, 0) is 13.6 Å². The van der Waals surface area contributed by atoms with E-state index in [1.165, 1.54) is 11.6 Å². The van der Waals surface area contributed by atoms with E-state index in [0.29, 0.717) is 18.0 Å². The van der Waals surface area contributed by atoms with Gasteiger partial charge in [-0.15, -0.1) is 0 Å². The first-order chi connectivity index (χ1) is 11.7. The molecule has 1 aromatic carbocycles. The lowest BCUT2D eigenvalue weighted by molar-refractivity contribution is 0.485. The summed E-state index contributed by atoms with van der Waals surface area (Å²) in [5, 5.41) is 7.59. The molecule has 0 saturated carbocycles. The molecule has 0 spiro atoms. The molecule has 0 bridgehead atoms. The van der Waals surface area contributed by atoms with Crippen LogP contribution in [-0.4, -0.2) is 40.3 Å². The van der Waals surface area contributed by atoms with E-state index in [1.54, 1.807) is 12.1 Å². The van der Waals surface area contributed by atoms with Crippen molar-refractivity contribution in [2.75, 3.05) is 19.6 Å². The number of guanidine groups is 1. The summed E-state index contributed by atoms with van der Waals surface area (Å²) in [4.78, 5) is 6.88. The van der Waals surface area contributed by atoms with Crippen molar-refractivity contribution in [2.45, 2.75) is 25.8 Å². The van der Waals surface area contributed by atoms with Gasteiger partial charge in [0, 0.05) is 44.4 Å². The van der Waals surface area contributed by atoms with Crippen molar-refractivity contribution in [3.05, 3.63) is 53.6 Å². The minimum Gasteiger partial charge on any atom is -0.357 e. The van der Waals surface area contributed by atoms with Crippen LogP contribution in [0.4, 0.5) is 4.39 Å². The highest BCUT2D eigenvalue weighted by Gasteiger charge is 2.26. The van der Waals surface area contributed by atoms with Crippen molar-refractivity contribution in [1.29, 1.82) is 0 Å². The molecular weight excluding hydrogens is 305 g/mol. The predicted octanol–water partition coefficient (Wildman–Crippen LogP) is 2.51. The normalized spacial score (nSPS) is 18.2. The van der Waals surface area contributed by atoms with E-state index in [9.17, 15) is 4.39 Å². The summed E-state index contributed by atoms with van der Waals surface area (Å²) in [6.07, 6.45) is 5.10. The molecule has 2 aromatic rings. The number of halogens is 1. The van der Waals surface area contributed by atoms with Gasteiger partial charge in [-0.25, -0.2) is 9.38 Å². The first-order valence-corrected chi connectivity index (χ1v) is 8.42. The Bertz CT molecular complexity index is 709. The van der Waals surface area contributed by atoms with Gasteiger partial charge in [0.25, 0.3) is 0 Å². The van der Waals surface area contributed by atoms with Gasteiger partial charge >= 0.3 is 0 Å². The van der Waals surface area contributed by atoms with Gasteiger partial charge in [0.15, 0.2) is 5.96 Å². The maximum atomic E-state index is 13.8. The topological polar surface area (TPSA) is 45.5 Å². The Kier molecular flexibility index (Phi) is 5.13. The lowest BCUT2D eigenvalue weighted by Gasteiger charge is -2.21. The van der Waals surface area contributed by atoms with Crippen LogP contribution in [0.25, 0.3) is 0 Å². The number of nitrogens with zero attached hydrogens (tertiary/aromatic N) is 4. The molecular formula is C18H24FN5. The van der Waals surface area contributed by atoms with E-state index < -0.39 is 0 Å². The van der Waals surface area contributed by atoms with Crippen LogP contribution in [0.2, 0.25) is 0 Å². The Labute approximate surface area is 142 Å². The lowest BCUT2D eigenvalue weighted by atomic mass is 10.0. The number of nitrogens with one attached hydrogen (secondary N) is 1. The zero-order chi connectivity index (χ0) is 16.9. The summed E-state index contributed by atoms with van der Waals surface area (Å²) >= 11 is 0. The van der Waals surface area contributed by atoms with Gasteiger partial charge in [-0.1, -0.05) is 18.2 Å². The highest BCUT2D eigenvalue weighted by molar-refractivity contribution is 5.80. The third-order valence-electron chi connectivity index (χ3n) is 4.38. The SMILES string of the molecule is CCNC(=NCc1ccccc1F)N1CCC(c2cnn(C)c2)C1. The lowest BCUT2D eigenvalue weighted by Crippen LogP contribution is -2.40. The molecule has 1 aliphatic heterocycles. The third-order valence-corrected chi connectivity index (χ3v) is 4.38. The van der Waals surface area contributed by atoms with Crippen LogP contribution in [0.5, 0.6) is 0 Å². The van der Waals surface area contributed by atoms with Crippen LogP contribution in [0.1, 0.15) is 30.4 Å². The second-order valence-corrected chi connectivity index (χ2v) is 6.14. The summed E-state index contributed by atoms with van der Waals surface area (Å²) in [7, 11) is 1.94. The van der Waals surface area contributed by atoms with Crippen molar-refractivity contribution in [3.63, 3.8) is 0 Å². The zero-order valence-electron chi connectivity index (χ0n) is 14.2. The van der Waals surface area contributed by atoms with Crippen LogP contribution in [0.15, 0.2) is 41.7 Å². The zero-order valence-corrected chi connectivity index (χ0v) is 14.2. The average Bonchev–Trinajstić information content (AvgIpc) is 3.21. The van der Waals surface area contributed by atoms with Gasteiger partial charge < -0.3 is 10.2 Å². The van der Waals surface area contributed by atoms with E-state index >= 15 is 0 Å². The van der Waals surface area contributed by atoms with Gasteiger partial charge in [0.05, 0.1) is 12.7 Å². The molecule has 1 aromatic heterocycles. The number of rotatable bonds is 4. The molecule has 24 heavy (non-hydrogen) atoms. The van der Waals surface area contributed by atoms with Gasteiger partial charge in [-0.2, -0.15) is 5.10 Å². The predicted molar refractivity (Wildman–Crippen MR) is 93.4 cm³/mol. The van der Waals surface area contributed by atoms with Crippen LogP contribution >= 0.6 is 0 Å². The molecule has 1 atom stereocenters. The Balaban J connectivity index is 1.69. The maximum Gasteiger partial charge on any atom is 0.194 e. The molecule has 1 unspecified atom stereocenters. The molecule has 2 heterocycles.